The second kappa shape index (κ2) is 4.56. The first-order valence-corrected chi connectivity index (χ1v) is 6.96. The van der Waals surface area contributed by atoms with Crippen LogP contribution in [-0.4, -0.2) is 17.8 Å². The highest BCUT2D eigenvalue weighted by molar-refractivity contribution is 9.09. The topological polar surface area (TPSA) is 44.1 Å². The van der Waals surface area contributed by atoms with E-state index in [2.05, 4.69) is 22.0 Å². The van der Waals surface area contributed by atoms with Crippen LogP contribution in [0.4, 0.5) is 5.00 Å². The zero-order chi connectivity index (χ0) is 11.7. The summed E-state index contributed by atoms with van der Waals surface area (Å²) in [5, 5.41) is 10.7. The molecular weight excluding hydrogens is 288 g/mol. The Bertz CT molecular complexity index is 463. The Labute approximate surface area is 107 Å². The molecule has 3 nitrogen and oxygen atoms in total. The van der Waals surface area contributed by atoms with Crippen molar-refractivity contribution < 1.29 is 4.79 Å². The minimum Gasteiger partial charge on any atom is -0.302 e. The van der Waals surface area contributed by atoms with Gasteiger partial charge in [0, 0.05) is 23.2 Å². The van der Waals surface area contributed by atoms with Crippen LogP contribution in [0.2, 0.25) is 0 Å². The van der Waals surface area contributed by atoms with Crippen molar-refractivity contribution in [3.8, 4) is 6.07 Å². The number of nitrogens with zero attached hydrogens (tertiary/aromatic N) is 2. The number of carbonyl (C=O) groups is 1. The van der Waals surface area contributed by atoms with E-state index in [1.165, 1.54) is 11.3 Å². The molecule has 84 valence electrons. The van der Waals surface area contributed by atoms with Crippen molar-refractivity contribution in [3.63, 3.8) is 0 Å². The smallest absolute Gasteiger partial charge is 0.228 e. The molecule has 2 heterocycles. The minimum absolute atomic E-state index is 0.128. The van der Waals surface area contributed by atoms with Gasteiger partial charge in [-0.15, -0.1) is 11.3 Å². The van der Waals surface area contributed by atoms with Crippen LogP contribution >= 0.6 is 27.3 Å². The van der Waals surface area contributed by atoms with Crippen molar-refractivity contribution in [1.82, 2.24) is 0 Å². The molecule has 1 aromatic rings. The number of hydrogen-bond donors (Lipinski definition) is 0. The summed E-state index contributed by atoms with van der Waals surface area (Å²) in [5.74, 6) is 0.490. The highest BCUT2D eigenvalue weighted by Gasteiger charge is 2.32. The lowest BCUT2D eigenvalue weighted by Gasteiger charge is -2.14. The molecule has 2 rings (SSSR count). The van der Waals surface area contributed by atoms with E-state index in [1.807, 2.05) is 13.0 Å². The van der Waals surface area contributed by atoms with E-state index in [4.69, 9.17) is 5.26 Å². The molecular formula is C11H11BrN2OS. The third-order valence-corrected chi connectivity index (χ3v) is 4.61. The molecule has 1 atom stereocenters. The van der Waals surface area contributed by atoms with E-state index < -0.39 is 0 Å². The molecule has 0 aliphatic carbocycles. The summed E-state index contributed by atoms with van der Waals surface area (Å²) < 4.78 is 0. The van der Waals surface area contributed by atoms with Gasteiger partial charge in [-0.3, -0.25) is 4.79 Å². The lowest BCUT2D eigenvalue weighted by Crippen LogP contribution is -2.24. The number of rotatable bonds is 2. The Morgan fingerprint density at radius 3 is 3.06 bits per heavy atom. The molecule has 0 radical (unpaired) electrons. The van der Waals surface area contributed by atoms with E-state index in [9.17, 15) is 4.79 Å². The minimum atomic E-state index is 0.128. The number of carbonyl (C=O) groups excluding carboxylic acids is 1. The fourth-order valence-corrected chi connectivity index (χ4v) is 3.28. The summed E-state index contributed by atoms with van der Waals surface area (Å²) in [6, 6.07) is 3.99. The molecule has 1 aliphatic rings. The molecule has 1 amide bonds. The Morgan fingerprint density at radius 1 is 1.75 bits per heavy atom. The first-order valence-electron chi connectivity index (χ1n) is 5.02. The van der Waals surface area contributed by atoms with Gasteiger partial charge in [-0.1, -0.05) is 15.9 Å². The number of anilines is 1. The predicted octanol–water partition coefficient (Wildman–Crippen LogP) is 2.68. The molecule has 0 bridgehead atoms. The highest BCUT2D eigenvalue weighted by atomic mass is 79.9. The Hall–Kier alpha value is -0.860. The highest BCUT2D eigenvalue weighted by Crippen LogP contribution is 2.35. The van der Waals surface area contributed by atoms with Gasteiger partial charge >= 0.3 is 0 Å². The SMILES string of the molecule is Cc1cc(C#N)c(N2CC(CBr)CC2=O)s1. The lowest BCUT2D eigenvalue weighted by molar-refractivity contribution is -0.117. The van der Waals surface area contributed by atoms with Gasteiger partial charge in [-0.05, 0) is 18.9 Å². The molecule has 0 spiro atoms. The van der Waals surface area contributed by atoms with Gasteiger partial charge in [0.2, 0.25) is 5.91 Å². The van der Waals surface area contributed by atoms with E-state index in [1.54, 1.807) is 4.90 Å². The molecule has 5 heteroatoms. The Kier molecular flexibility index (Phi) is 3.31. The van der Waals surface area contributed by atoms with Crippen LogP contribution in [0.25, 0.3) is 0 Å². The maximum Gasteiger partial charge on any atom is 0.228 e. The Balaban J connectivity index is 2.31. The van der Waals surface area contributed by atoms with Crippen LogP contribution in [0.15, 0.2) is 6.07 Å². The first kappa shape index (κ1) is 11.6. The molecule has 0 saturated carbocycles. The van der Waals surface area contributed by atoms with Crippen LogP contribution < -0.4 is 4.90 Å². The predicted molar refractivity (Wildman–Crippen MR) is 68.0 cm³/mol. The number of thiophene rings is 1. The Morgan fingerprint density at radius 2 is 2.50 bits per heavy atom. The average molecular weight is 299 g/mol. The quantitative estimate of drug-likeness (QED) is 0.788. The van der Waals surface area contributed by atoms with Gasteiger partial charge < -0.3 is 4.90 Å². The van der Waals surface area contributed by atoms with Crippen molar-refractivity contribution >= 4 is 38.2 Å². The second-order valence-electron chi connectivity index (χ2n) is 3.92. The number of hydrogen-bond acceptors (Lipinski definition) is 3. The molecule has 1 fully saturated rings. The number of amides is 1. The van der Waals surface area contributed by atoms with Crippen molar-refractivity contribution in [2.24, 2.45) is 5.92 Å². The summed E-state index contributed by atoms with van der Waals surface area (Å²) in [4.78, 5) is 14.6. The third kappa shape index (κ3) is 2.00. The molecule has 16 heavy (non-hydrogen) atoms. The van der Waals surface area contributed by atoms with Crippen molar-refractivity contribution in [2.45, 2.75) is 13.3 Å². The fourth-order valence-electron chi connectivity index (χ4n) is 1.86. The number of alkyl halides is 1. The maximum atomic E-state index is 11.8. The number of aryl methyl sites for hydroxylation is 1. The van der Waals surface area contributed by atoms with Crippen molar-refractivity contribution in [1.29, 1.82) is 5.26 Å². The van der Waals surface area contributed by atoms with E-state index in [-0.39, 0.29) is 5.91 Å². The van der Waals surface area contributed by atoms with E-state index >= 15 is 0 Å². The largest absolute Gasteiger partial charge is 0.302 e. The zero-order valence-electron chi connectivity index (χ0n) is 8.86. The second-order valence-corrected chi connectivity index (χ2v) is 5.80. The fraction of sp³-hybridized carbons (Fsp3) is 0.455. The summed E-state index contributed by atoms with van der Waals surface area (Å²) >= 11 is 4.92. The molecule has 1 saturated heterocycles. The molecule has 0 N–H and O–H groups in total. The van der Waals surface area contributed by atoms with Gasteiger partial charge in [0.05, 0.1) is 5.56 Å². The average Bonchev–Trinajstić information content (AvgIpc) is 2.81. The number of halogens is 1. The van der Waals surface area contributed by atoms with Gasteiger partial charge in [0.25, 0.3) is 0 Å². The van der Waals surface area contributed by atoms with E-state index in [0.717, 1.165) is 21.8 Å². The van der Waals surface area contributed by atoms with Gasteiger partial charge in [-0.2, -0.15) is 5.26 Å². The standard InChI is InChI=1S/C11H11BrN2OS/c1-7-2-9(5-13)11(16-7)14-6-8(4-12)3-10(14)15/h2,8H,3-4,6H2,1H3. The van der Waals surface area contributed by atoms with Crippen LogP contribution in [0.5, 0.6) is 0 Å². The van der Waals surface area contributed by atoms with Gasteiger partial charge in [0.1, 0.15) is 11.1 Å². The summed E-state index contributed by atoms with van der Waals surface area (Å²) in [5.41, 5.74) is 0.617. The number of nitriles is 1. The maximum absolute atomic E-state index is 11.8. The zero-order valence-corrected chi connectivity index (χ0v) is 11.3. The molecule has 1 aliphatic heterocycles. The van der Waals surface area contributed by atoms with Crippen molar-refractivity contribution in [2.75, 3.05) is 16.8 Å². The van der Waals surface area contributed by atoms with Crippen molar-refractivity contribution in [3.05, 3.63) is 16.5 Å². The lowest BCUT2D eigenvalue weighted by atomic mass is 10.2. The molecule has 1 unspecified atom stereocenters. The third-order valence-electron chi connectivity index (χ3n) is 2.62. The van der Waals surface area contributed by atoms with Crippen LogP contribution in [0.3, 0.4) is 0 Å². The van der Waals surface area contributed by atoms with Gasteiger partial charge in [-0.25, -0.2) is 0 Å². The summed E-state index contributed by atoms with van der Waals surface area (Å²) in [7, 11) is 0. The van der Waals surface area contributed by atoms with E-state index in [0.29, 0.717) is 17.9 Å². The van der Waals surface area contributed by atoms with Crippen LogP contribution in [-0.2, 0) is 4.79 Å². The molecule has 1 aromatic heterocycles. The normalized spacial score (nSPS) is 20.2. The summed E-state index contributed by atoms with van der Waals surface area (Å²) in [6.07, 6.45) is 0.576. The van der Waals surface area contributed by atoms with Crippen LogP contribution in [0, 0.1) is 24.2 Å². The monoisotopic (exact) mass is 298 g/mol. The first-order chi connectivity index (χ1) is 7.65. The van der Waals surface area contributed by atoms with Gasteiger partial charge in [0.15, 0.2) is 0 Å². The van der Waals surface area contributed by atoms with Crippen LogP contribution in [0.1, 0.15) is 16.9 Å². The summed E-state index contributed by atoms with van der Waals surface area (Å²) in [6.45, 7) is 2.68. The molecule has 0 aromatic carbocycles.